The number of rotatable bonds is 13. The van der Waals surface area contributed by atoms with Gasteiger partial charge in [-0.05, 0) is 37.0 Å². The van der Waals surface area contributed by atoms with Crippen LogP contribution in [-0.2, 0) is 14.3 Å². The molecule has 154 valence electrons. The normalized spacial score (nSPS) is 22.4. The number of nitrogens with zero attached hydrogens (tertiary/aromatic N) is 1. The van der Waals surface area contributed by atoms with E-state index in [0.29, 0.717) is 24.9 Å². The Morgan fingerprint density at radius 2 is 1.81 bits per heavy atom. The molecule has 0 heterocycles. The summed E-state index contributed by atoms with van der Waals surface area (Å²) in [7, 11) is 1.07. The molecule has 0 spiro atoms. The standard InChI is InChI=1S/C14H22O2.C7H16BNO2/c1-2-3-4-5-14(15)16-10-13-9-11-6-7-12(13)8-11;1-2-3-4-5-6-7-9-8-11-10/h6-7,11-13H,2-5,8-10H2,1H3;10H,2-7H2,1H3/t11-,12+,13?;/m1./s1. The zero-order chi connectivity index (χ0) is 19.7. The van der Waals surface area contributed by atoms with E-state index in [0.717, 1.165) is 45.4 Å². The molecule has 2 aliphatic carbocycles. The number of unbranched alkanes of at least 4 members (excludes halogenated alkanes) is 6. The van der Waals surface area contributed by atoms with Crippen molar-refractivity contribution < 1.29 is 19.6 Å². The predicted molar refractivity (Wildman–Crippen MR) is 109 cm³/mol. The van der Waals surface area contributed by atoms with E-state index in [1.165, 1.54) is 38.5 Å². The summed E-state index contributed by atoms with van der Waals surface area (Å²) in [4.78, 5) is 18.9. The van der Waals surface area contributed by atoms with Crippen LogP contribution < -0.4 is 0 Å². The molecule has 1 fully saturated rings. The molecule has 3 atom stereocenters. The van der Waals surface area contributed by atoms with Gasteiger partial charge in [-0.25, -0.2) is 0 Å². The number of allylic oxidation sites excluding steroid dienone is 2. The Labute approximate surface area is 165 Å². The summed E-state index contributed by atoms with van der Waals surface area (Å²) in [5, 5.41) is 7.86. The Morgan fingerprint density at radius 1 is 1.07 bits per heavy atom. The van der Waals surface area contributed by atoms with Crippen molar-refractivity contribution in [3.05, 3.63) is 12.2 Å². The molecular formula is C21H38BNO4. The van der Waals surface area contributed by atoms with Crippen molar-refractivity contribution in [3.63, 3.8) is 0 Å². The van der Waals surface area contributed by atoms with Crippen LogP contribution in [0.15, 0.2) is 17.0 Å². The number of ether oxygens (including phenoxy) is 1. The number of hydrogen-bond donors (Lipinski definition) is 1. The second-order valence-corrected chi connectivity index (χ2v) is 7.71. The van der Waals surface area contributed by atoms with Gasteiger partial charge in [0.2, 0.25) is 0 Å². The van der Waals surface area contributed by atoms with Crippen LogP contribution in [0, 0.1) is 17.8 Å². The molecule has 2 rings (SSSR count). The van der Waals surface area contributed by atoms with Gasteiger partial charge in [0, 0.05) is 6.42 Å². The summed E-state index contributed by atoms with van der Waals surface area (Å²) in [6.45, 7) is 5.74. The van der Waals surface area contributed by atoms with Crippen molar-refractivity contribution in [2.24, 2.45) is 22.6 Å². The predicted octanol–water partition coefficient (Wildman–Crippen LogP) is 5.57. The van der Waals surface area contributed by atoms with Crippen molar-refractivity contribution in [1.82, 2.24) is 0 Å². The van der Waals surface area contributed by atoms with Crippen LogP contribution in [0.4, 0.5) is 0 Å². The van der Waals surface area contributed by atoms with E-state index >= 15 is 0 Å². The summed E-state index contributed by atoms with van der Waals surface area (Å²) in [6.07, 6.45) is 17.2. The van der Waals surface area contributed by atoms with Gasteiger partial charge < -0.3 is 4.74 Å². The Kier molecular flexibility index (Phi) is 14.0. The van der Waals surface area contributed by atoms with E-state index in [4.69, 9.17) is 9.99 Å². The molecule has 1 N–H and O–H groups in total. The van der Waals surface area contributed by atoms with E-state index in [9.17, 15) is 4.79 Å². The first-order valence-corrected chi connectivity index (χ1v) is 10.8. The minimum absolute atomic E-state index is 0.000188. The van der Waals surface area contributed by atoms with Crippen molar-refractivity contribution in [1.29, 1.82) is 0 Å². The topological polar surface area (TPSA) is 68.1 Å². The van der Waals surface area contributed by atoms with Gasteiger partial charge in [0.05, 0.1) is 6.61 Å². The molecule has 0 aromatic heterocycles. The van der Waals surface area contributed by atoms with Crippen LogP contribution in [0.25, 0.3) is 0 Å². The van der Waals surface area contributed by atoms with E-state index in [-0.39, 0.29) is 5.97 Å². The third-order valence-electron chi connectivity index (χ3n) is 5.37. The van der Waals surface area contributed by atoms with Crippen molar-refractivity contribution >= 4 is 13.2 Å². The average molecular weight is 379 g/mol. The number of hydrogen-bond acceptors (Lipinski definition) is 5. The molecule has 0 amide bonds. The van der Waals surface area contributed by atoms with Gasteiger partial charge in [-0.3, -0.25) is 4.79 Å². The first-order chi connectivity index (χ1) is 13.2. The van der Waals surface area contributed by atoms with Crippen LogP contribution in [-0.4, -0.2) is 31.7 Å². The van der Waals surface area contributed by atoms with Crippen LogP contribution >= 0.6 is 0 Å². The number of esters is 1. The van der Waals surface area contributed by atoms with Gasteiger partial charge in [-0.2, -0.15) is 0 Å². The second kappa shape index (κ2) is 15.9. The Bertz CT molecular complexity index is 442. The van der Waals surface area contributed by atoms with Crippen molar-refractivity contribution in [2.45, 2.75) is 84.5 Å². The minimum atomic E-state index is 0.000188. The number of carbonyl (C=O) groups is 1. The van der Waals surface area contributed by atoms with Crippen molar-refractivity contribution in [2.75, 3.05) is 13.2 Å². The van der Waals surface area contributed by atoms with Crippen LogP contribution in [0.5, 0.6) is 0 Å². The summed E-state index contributed by atoms with van der Waals surface area (Å²) in [6, 6.07) is 0. The molecule has 5 nitrogen and oxygen atoms in total. The molecule has 0 aromatic carbocycles. The van der Waals surface area contributed by atoms with Gasteiger partial charge in [0.25, 0.3) is 0 Å². The average Bonchev–Trinajstić information content (AvgIpc) is 3.30. The second-order valence-electron chi connectivity index (χ2n) is 7.71. The fourth-order valence-corrected chi connectivity index (χ4v) is 3.77. The van der Waals surface area contributed by atoms with Crippen molar-refractivity contribution in [3.8, 4) is 0 Å². The van der Waals surface area contributed by atoms with Crippen LogP contribution in [0.1, 0.15) is 84.5 Å². The molecule has 2 bridgehead atoms. The van der Waals surface area contributed by atoms with Gasteiger partial charge in [-0.1, -0.05) is 31.9 Å². The fraction of sp³-hybridized carbons (Fsp3) is 0.857. The quantitative estimate of drug-likeness (QED) is 0.113. The molecule has 1 unspecified atom stereocenters. The SMILES string of the molecule is CCCCCC(=O)OCC1C[C@@H]2C=C[C@H]1C2.CCCCCCCN=BOO. The van der Waals surface area contributed by atoms with Gasteiger partial charge in [0.1, 0.15) is 0 Å². The zero-order valence-electron chi connectivity index (χ0n) is 17.3. The molecule has 6 heteroatoms. The maximum absolute atomic E-state index is 11.4. The molecule has 0 radical (unpaired) electrons. The first kappa shape index (κ1) is 23.9. The molecule has 2 aliphatic rings. The first-order valence-electron chi connectivity index (χ1n) is 10.8. The fourth-order valence-electron chi connectivity index (χ4n) is 3.77. The molecule has 0 aliphatic heterocycles. The number of carbonyl (C=O) groups excluding carboxylic acids is 1. The number of fused-ring (bicyclic) bond motifs is 2. The molecule has 0 aromatic rings. The zero-order valence-corrected chi connectivity index (χ0v) is 17.3. The third kappa shape index (κ3) is 11.3. The Hall–Kier alpha value is -1.17. The summed E-state index contributed by atoms with van der Waals surface area (Å²) < 4.78 is 5.35. The summed E-state index contributed by atoms with van der Waals surface area (Å²) in [5.74, 6) is 2.06. The monoisotopic (exact) mass is 379 g/mol. The van der Waals surface area contributed by atoms with Crippen LogP contribution in [0.2, 0.25) is 0 Å². The van der Waals surface area contributed by atoms with E-state index in [1.54, 1.807) is 0 Å². The van der Waals surface area contributed by atoms with Gasteiger partial charge >= 0.3 is 73.8 Å². The maximum atomic E-state index is 11.4. The Morgan fingerprint density at radius 3 is 2.44 bits per heavy atom. The third-order valence-corrected chi connectivity index (χ3v) is 5.37. The van der Waals surface area contributed by atoms with E-state index in [1.807, 2.05) is 0 Å². The van der Waals surface area contributed by atoms with E-state index in [2.05, 4.69) is 35.7 Å². The summed E-state index contributed by atoms with van der Waals surface area (Å²) in [5.41, 5.74) is 0. The molecule has 0 saturated heterocycles. The van der Waals surface area contributed by atoms with E-state index < -0.39 is 0 Å². The van der Waals surface area contributed by atoms with Crippen LogP contribution in [0.3, 0.4) is 0 Å². The van der Waals surface area contributed by atoms with Gasteiger partial charge in [-0.15, -0.1) is 0 Å². The van der Waals surface area contributed by atoms with Gasteiger partial charge in [0.15, 0.2) is 0 Å². The molecule has 27 heavy (non-hydrogen) atoms. The molecule has 1 saturated carbocycles. The molecular weight excluding hydrogens is 341 g/mol. The Balaban J connectivity index is 0.000000293. The summed E-state index contributed by atoms with van der Waals surface area (Å²) >= 11 is 0.